The second-order valence-corrected chi connectivity index (χ2v) is 45.5. The first-order valence-corrected chi connectivity index (χ1v) is 56.4. The van der Waals surface area contributed by atoms with E-state index in [1.165, 1.54) is 345 Å². The van der Waals surface area contributed by atoms with Crippen LogP contribution in [-0.2, 0) is 0 Å². The van der Waals surface area contributed by atoms with E-state index in [4.69, 9.17) is 4.74 Å². The fraction of sp³-hybridized carbons (Fsp3) is 0.789. The lowest BCUT2D eigenvalue weighted by Gasteiger charge is -2.38. The van der Waals surface area contributed by atoms with Gasteiger partial charge in [0.05, 0.1) is 6.61 Å². The Morgan fingerprint density at radius 1 is 0.262 bits per heavy atom. The predicted octanol–water partition coefficient (Wildman–Crippen LogP) is 39.5. The van der Waals surface area contributed by atoms with Crippen molar-refractivity contribution in [3.05, 3.63) is 151 Å². The minimum atomic E-state index is -0.819. The Morgan fingerprint density at radius 3 is 0.754 bits per heavy atom. The molecule has 0 atom stereocenters. The Labute approximate surface area is 780 Å². The van der Waals surface area contributed by atoms with Crippen molar-refractivity contribution in [3.63, 3.8) is 0 Å². The molecule has 126 heavy (non-hydrogen) atoms. The highest BCUT2D eigenvalue weighted by atomic mass is 19.2. The minimum absolute atomic E-state index is 0.0336. The molecule has 0 saturated heterocycles. The van der Waals surface area contributed by atoms with Gasteiger partial charge in [0.2, 0.25) is 5.82 Å². The summed E-state index contributed by atoms with van der Waals surface area (Å²) < 4.78 is 33.8. The van der Waals surface area contributed by atoms with E-state index in [1.54, 1.807) is 94.4 Å². The topological polar surface area (TPSA) is 9.23 Å². The second kappa shape index (κ2) is 59.1. The summed E-state index contributed by atoms with van der Waals surface area (Å²) in [5.41, 5.74) is 6.48. The van der Waals surface area contributed by atoms with Crippen LogP contribution in [0, 0.1) is 150 Å². The number of unbranched alkanes of at least 4 members (excludes halogenated alkanes) is 4. The van der Waals surface area contributed by atoms with Gasteiger partial charge in [-0.2, -0.15) is 4.39 Å². The molecule has 0 heterocycles. The molecule has 0 unspecified atom stereocenters. The summed E-state index contributed by atoms with van der Waals surface area (Å²) in [5.74, 6) is 21.3. The maximum absolute atomic E-state index is 14.5. The highest BCUT2D eigenvalue weighted by Gasteiger charge is 2.38. The molecule has 3 aromatic carbocycles. The van der Waals surface area contributed by atoms with Gasteiger partial charge in [-0.05, 0) is 430 Å². The third-order valence-corrected chi connectivity index (χ3v) is 37.3. The number of benzene rings is 3. The average molecular weight is 1730 g/mol. The van der Waals surface area contributed by atoms with Gasteiger partial charge in [0.15, 0.2) is 11.6 Å². The molecular weight excluding hydrogens is 1530 g/mol. The van der Waals surface area contributed by atoms with Gasteiger partial charge >= 0.3 is 0 Å². The minimum Gasteiger partial charge on any atom is -0.491 e. The van der Waals surface area contributed by atoms with Crippen LogP contribution in [0.1, 0.15) is 498 Å². The van der Waals surface area contributed by atoms with Crippen LogP contribution in [0.5, 0.6) is 5.75 Å². The number of hydrogen-bond donors (Lipinski definition) is 0. The van der Waals surface area contributed by atoms with Crippen LogP contribution in [-0.4, -0.2) is 6.61 Å². The first-order chi connectivity index (χ1) is 61.6. The zero-order valence-electron chi connectivity index (χ0n) is 83.9. The molecule has 0 aromatic heterocycles. The SMILES string of the molecule is C=CC1CCC(C2CCC(CCC)CC2)CC1.C=CC1CCC(C2CCC(CCCCC)CC2)CC1.C=CC1CCC(C2CCC(c3ccc(C)cc3)CC2)CC1.C=CCCC1CCC(C2CCC(c3ccc(C)cc3)CC2)CC1.CCCC1CCC(C2CCC(c3ccc(OCC)c(F)c3F)CC2)CC1.CCCCCC1CCC(C2CCC(CCC)CC2)CC1. The zero-order valence-corrected chi connectivity index (χ0v) is 83.9. The van der Waals surface area contributed by atoms with Crippen molar-refractivity contribution in [3.8, 4) is 5.75 Å². The molecule has 0 spiro atoms. The second-order valence-electron chi connectivity index (χ2n) is 45.5. The van der Waals surface area contributed by atoms with Gasteiger partial charge in [0.1, 0.15) is 0 Å². The number of hydrogen-bond acceptors (Lipinski definition) is 1. The Morgan fingerprint density at radius 2 is 0.508 bits per heavy atom. The molecule has 3 aromatic rings. The van der Waals surface area contributed by atoms with Crippen molar-refractivity contribution in [2.24, 2.45) is 124 Å². The summed E-state index contributed by atoms with van der Waals surface area (Å²) >= 11 is 0. The summed E-state index contributed by atoms with van der Waals surface area (Å²) in [5, 5.41) is 0. The highest BCUT2D eigenvalue weighted by molar-refractivity contribution is 5.34. The summed E-state index contributed by atoms with van der Waals surface area (Å²) in [7, 11) is 0. The molecule has 0 N–H and O–H groups in total. The van der Waals surface area contributed by atoms with Crippen LogP contribution >= 0.6 is 0 Å². The van der Waals surface area contributed by atoms with Gasteiger partial charge in [-0.1, -0.05) is 292 Å². The van der Waals surface area contributed by atoms with Gasteiger partial charge < -0.3 is 4.74 Å². The Balaban J connectivity index is 0.000000159. The van der Waals surface area contributed by atoms with Crippen molar-refractivity contribution in [1.29, 1.82) is 0 Å². The first kappa shape index (κ1) is 104. The molecule has 12 aliphatic carbocycles. The standard InChI is InChI=1S/C23H34F2O.C23H34.C21H30.C20H38.C19H34.C17H30/c1-3-5-16-6-8-17(9-7-16)18-10-12-19(13-11-18)20-14-15-21(26-4-2)23(25)22(20)24;1-3-4-5-19-8-12-21(13-9-19)23-16-14-22(15-17-23)20-10-6-18(2)7-11-20;1-3-17-6-10-19(11-7-17)21-14-12-20(13-15-21)18-8-4-16(2)5-9-18;1-3-5-6-8-18-11-15-20(16-12-18)19-13-9-17(7-4-2)10-14-19;1-3-5-6-7-17-10-14-19(15-11-17)18-12-8-16(4-2)9-13-18;1-3-5-15-8-12-17(13-9-15)16-10-6-14(4-2)7-11-16/h14-19H,3-13H2,1-2H3;3,6-7,10-11,19,21-23H,1,4-5,8-9,12-17H2,2H3;3-5,8-9,17,19-21H,1,6-7,10-15H2,2H3;17-20H,3-16H2,1-2H3;4,16-19H,2-3,5-15H2,1H3;4,14-17H,2-3,5-13H2,1H3. The lowest BCUT2D eigenvalue weighted by Crippen LogP contribution is -2.25. The molecule has 15 rings (SSSR count). The summed E-state index contributed by atoms with van der Waals surface area (Å²) in [6, 6.07) is 21.9. The maximum Gasteiger partial charge on any atom is 0.200 e. The smallest absolute Gasteiger partial charge is 0.200 e. The Hall–Kier alpha value is -3.72. The molecule has 0 radical (unpaired) electrons. The van der Waals surface area contributed by atoms with E-state index in [2.05, 4.69) is 148 Å². The van der Waals surface area contributed by atoms with Crippen molar-refractivity contribution in [2.75, 3.05) is 6.61 Å². The third-order valence-electron chi connectivity index (χ3n) is 37.3. The Bertz CT molecular complexity index is 3280. The molecule has 12 fully saturated rings. The summed E-state index contributed by atoms with van der Waals surface area (Å²) in [6.07, 6.45) is 101. The average Bonchev–Trinajstić information content (AvgIpc) is 0.796. The molecule has 0 bridgehead atoms. The molecule has 12 saturated carbocycles. The fourth-order valence-corrected chi connectivity index (χ4v) is 28.7. The molecule has 712 valence electrons. The van der Waals surface area contributed by atoms with Crippen molar-refractivity contribution in [1.82, 2.24) is 0 Å². The van der Waals surface area contributed by atoms with Crippen LogP contribution in [0.25, 0.3) is 0 Å². The van der Waals surface area contributed by atoms with Crippen LogP contribution in [0.4, 0.5) is 8.78 Å². The molecule has 0 aliphatic heterocycles. The first-order valence-electron chi connectivity index (χ1n) is 56.4. The van der Waals surface area contributed by atoms with Crippen molar-refractivity contribution >= 4 is 0 Å². The van der Waals surface area contributed by atoms with E-state index in [-0.39, 0.29) is 11.7 Å². The summed E-state index contributed by atoms with van der Waals surface area (Å²) in [4.78, 5) is 0. The number of aryl methyl sites for hydroxylation is 2. The predicted molar refractivity (Wildman–Crippen MR) is 546 cm³/mol. The quantitative estimate of drug-likeness (QED) is 0.0461. The zero-order chi connectivity index (χ0) is 89.0. The van der Waals surface area contributed by atoms with Gasteiger partial charge in [0, 0.05) is 0 Å². The van der Waals surface area contributed by atoms with E-state index in [1.807, 2.05) is 0 Å². The normalized spacial score (nSPS) is 33.7. The lowest BCUT2D eigenvalue weighted by molar-refractivity contribution is 0.140. The van der Waals surface area contributed by atoms with Gasteiger partial charge in [-0.25, -0.2) is 4.39 Å². The number of halogens is 2. The molecule has 1 nitrogen and oxygen atoms in total. The van der Waals surface area contributed by atoms with Gasteiger partial charge in [-0.15, -0.1) is 26.3 Å². The highest BCUT2D eigenvalue weighted by Crippen LogP contribution is 2.52. The van der Waals surface area contributed by atoms with Crippen LogP contribution in [0.3, 0.4) is 0 Å². The largest absolute Gasteiger partial charge is 0.491 e. The van der Waals surface area contributed by atoms with E-state index < -0.39 is 11.6 Å². The van der Waals surface area contributed by atoms with Gasteiger partial charge in [-0.3, -0.25) is 0 Å². The van der Waals surface area contributed by atoms with E-state index in [0.717, 1.165) is 149 Å². The van der Waals surface area contributed by atoms with Crippen LogP contribution in [0.2, 0.25) is 0 Å². The lowest BCUT2D eigenvalue weighted by atomic mass is 9.68. The maximum atomic E-state index is 14.5. The number of rotatable bonds is 31. The van der Waals surface area contributed by atoms with E-state index in [0.29, 0.717) is 12.2 Å². The van der Waals surface area contributed by atoms with Gasteiger partial charge in [0.25, 0.3) is 0 Å². The van der Waals surface area contributed by atoms with Crippen molar-refractivity contribution < 1.29 is 13.5 Å². The number of ether oxygens (including phenoxy) is 1. The van der Waals surface area contributed by atoms with Crippen LogP contribution < -0.4 is 4.74 Å². The van der Waals surface area contributed by atoms with Crippen LogP contribution in [0.15, 0.2) is 111 Å². The monoisotopic (exact) mass is 1730 g/mol. The molecule has 0 amide bonds. The molecule has 3 heteroatoms. The molecular formula is C123H200F2O. The van der Waals surface area contributed by atoms with E-state index in [9.17, 15) is 8.78 Å². The fourth-order valence-electron chi connectivity index (χ4n) is 28.7. The summed E-state index contributed by atoms with van der Waals surface area (Å²) in [6.45, 7) is 33.9. The Kier molecular flexibility index (Phi) is 49.0. The number of allylic oxidation sites excluding steroid dienone is 4. The molecule has 12 aliphatic rings. The van der Waals surface area contributed by atoms with Crippen molar-refractivity contribution in [2.45, 2.75) is 484 Å². The third kappa shape index (κ3) is 34.9. The van der Waals surface area contributed by atoms with E-state index >= 15 is 0 Å².